The average Bonchev–Trinajstić information content (AvgIpc) is 3.51. The van der Waals surface area contributed by atoms with E-state index in [2.05, 4.69) is 20.7 Å². The second kappa shape index (κ2) is 10.5. The molecule has 1 atom stereocenters. The van der Waals surface area contributed by atoms with Crippen LogP contribution in [-0.4, -0.2) is 49.0 Å². The molecule has 1 aliphatic carbocycles. The van der Waals surface area contributed by atoms with Crippen LogP contribution in [0.5, 0.6) is 0 Å². The molecule has 0 aliphatic heterocycles. The van der Waals surface area contributed by atoms with Crippen molar-refractivity contribution in [2.24, 2.45) is 0 Å². The summed E-state index contributed by atoms with van der Waals surface area (Å²) in [6.07, 6.45) is 4.01. The fourth-order valence-electron chi connectivity index (χ4n) is 4.00. The third kappa shape index (κ3) is 5.81. The van der Waals surface area contributed by atoms with E-state index in [4.69, 9.17) is 0 Å². The molecule has 1 fully saturated rings. The summed E-state index contributed by atoms with van der Waals surface area (Å²) in [7, 11) is 0. The molecular weight excluding hydrogens is 442 g/mol. The first kappa shape index (κ1) is 23.5. The maximum absolute atomic E-state index is 13.4. The molecule has 1 aromatic heterocycles. The molecule has 34 heavy (non-hydrogen) atoms. The van der Waals surface area contributed by atoms with Crippen LogP contribution in [0.2, 0.25) is 0 Å². The first-order valence-electron chi connectivity index (χ1n) is 11.3. The van der Waals surface area contributed by atoms with Crippen molar-refractivity contribution < 1.29 is 18.4 Å². The van der Waals surface area contributed by atoms with Gasteiger partial charge in [-0.3, -0.25) is 9.59 Å². The van der Waals surface area contributed by atoms with Gasteiger partial charge >= 0.3 is 0 Å². The van der Waals surface area contributed by atoms with Crippen LogP contribution in [0.25, 0.3) is 11.4 Å². The van der Waals surface area contributed by atoms with Crippen LogP contribution in [0.15, 0.2) is 48.5 Å². The molecule has 2 amide bonds. The molecule has 1 aliphatic rings. The molecule has 1 unspecified atom stereocenters. The first-order chi connectivity index (χ1) is 16.4. The minimum absolute atomic E-state index is 0.118. The van der Waals surface area contributed by atoms with Crippen LogP contribution in [0, 0.1) is 11.6 Å². The molecule has 0 spiro atoms. The molecule has 10 heteroatoms. The second-order valence-corrected chi connectivity index (χ2v) is 8.46. The molecule has 4 rings (SSSR count). The van der Waals surface area contributed by atoms with E-state index in [1.165, 1.54) is 41.3 Å². The summed E-state index contributed by atoms with van der Waals surface area (Å²) in [4.78, 5) is 28.7. The summed E-state index contributed by atoms with van der Waals surface area (Å²) in [6.45, 7) is 1.55. The van der Waals surface area contributed by atoms with Gasteiger partial charge in [-0.1, -0.05) is 25.0 Å². The minimum Gasteiger partial charge on any atom is -0.352 e. The predicted molar refractivity (Wildman–Crippen MR) is 120 cm³/mol. The van der Waals surface area contributed by atoms with Gasteiger partial charge in [0.05, 0.1) is 0 Å². The van der Waals surface area contributed by atoms with Crippen LogP contribution in [0.3, 0.4) is 0 Å². The van der Waals surface area contributed by atoms with Gasteiger partial charge in [-0.2, -0.15) is 4.80 Å². The highest BCUT2D eigenvalue weighted by molar-refractivity contribution is 5.87. The molecular formula is C24H26F2N6O2. The van der Waals surface area contributed by atoms with Gasteiger partial charge in [0.25, 0.3) is 0 Å². The summed E-state index contributed by atoms with van der Waals surface area (Å²) in [6, 6.07) is 10.8. The topological polar surface area (TPSA) is 93.0 Å². The Hall–Kier alpha value is -3.69. The van der Waals surface area contributed by atoms with Gasteiger partial charge in [0.1, 0.15) is 24.2 Å². The van der Waals surface area contributed by atoms with E-state index in [-0.39, 0.29) is 48.4 Å². The van der Waals surface area contributed by atoms with E-state index >= 15 is 0 Å². The van der Waals surface area contributed by atoms with Crippen LogP contribution < -0.4 is 5.32 Å². The summed E-state index contributed by atoms with van der Waals surface area (Å²) >= 11 is 0. The molecule has 178 valence electrons. The lowest BCUT2D eigenvalue weighted by Crippen LogP contribution is -2.50. The first-order valence-corrected chi connectivity index (χ1v) is 11.3. The van der Waals surface area contributed by atoms with E-state index in [1.54, 1.807) is 19.1 Å². The number of hydrogen-bond acceptors (Lipinski definition) is 5. The molecule has 3 aromatic rings. The lowest BCUT2D eigenvalue weighted by atomic mass is 10.1. The molecule has 8 nitrogen and oxygen atoms in total. The number of halogens is 2. The van der Waals surface area contributed by atoms with Crippen molar-refractivity contribution in [3.05, 3.63) is 65.7 Å². The maximum Gasteiger partial charge on any atom is 0.247 e. The largest absolute Gasteiger partial charge is 0.352 e. The Morgan fingerprint density at radius 2 is 1.68 bits per heavy atom. The van der Waals surface area contributed by atoms with Gasteiger partial charge in [-0.15, -0.1) is 10.2 Å². The molecule has 1 saturated carbocycles. The van der Waals surface area contributed by atoms with Gasteiger partial charge in [0, 0.05) is 18.2 Å². The van der Waals surface area contributed by atoms with Gasteiger partial charge < -0.3 is 10.2 Å². The second-order valence-electron chi connectivity index (χ2n) is 8.46. The number of amides is 2. The zero-order valence-corrected chi connectivity index (χ0v) is 18.8. The molecule has 0 saturated heterocycles. The summed E-state index contributed by atoms with van der Waals surface area (Å²) < 4.78 is 26.5. The van der Waals surface area contributed by atoms with Crippen molar-refractivity contribution in [1.29, 1.82) is 0 Å². The number of nitrogens with zero attached hydrogens (tertiary/aromatic N) is 5. The SMILES string of the molecule is CC(C(=O)NC1CCCC1)N(Cc1ccc(F)cc1)C(=O)Cn1nnc(-c2ccc(F)cc2)n1. The third-order valence-electron chi connectivity index (χ3n) is 5.97. The number of aromatic nitrogens is 4. The lowest BCUT2D eigenvalue weighted by molar-refractivity contribution is -0.141. The summed E-state index contributed by atoms with van der Waals surface area (Å²) in [5, 5.41) is 15.1. The average molecular weight is 469 g/mol. The Kier molecular flexibility index (Phi) is 7.24. The van der Waals surface area contributed by atoms with Crippen molar-refractivity contribution in [2.45, 2.75) is 57.8 Å². The number of benzene rings is 2. The highest BCUT2D eigenvalue weighted by Gasteiger charge is 2.29. The number of carbonyl (C=O) groups excluding carboxylic acids is 2. The van der Waals surface area contributed by atoms with Crippen molar-refractivity contribution in [3.8, 4) is 11.4 Å². The molecule has 1 N–H and O–H groups in total. The number of carbonyl (C=O) groups is 2. The zero-order chi connectivity index (χ0) is 24.1. The Bertz CT molecular complexity index is 1130. The molecule has 2 aromatic carbocycles. The highest BCUT2D eigenvalue weighted by Crippen LogP contribution is 2.19. The fourth-order valence-corrected chi connectivity index (χ4v) is 4.00. The number of hydrogen-bond donors (Lipinski definition) is 1. The summed E-state index contributed by atoms with van der Waals surface area (Å²) in [5.41, 5.74) is 1.25. The van der Waals surface area contributed by atoms with E-state index in [1.807, 2.05) is 0 Å². The van der Waals surface area contributed by atoms with Crippen molar-refractivity contribution >= 4 is 11.8 Å². The van der Waals surface area contributed by atoms with Crippen molar-refractivity contribution in [1.82, 2.24) is 30.4 Å². The zero-order valence-electron chi connectivity index (χ0n) is 18.8. The summed E-state index contributed by atoms with van der Waals surface area (Å²) in [5.74, 6) is -1.13. The monoisotopic (exact) mass is 468 g/mol. The number of nitrogens with one attached hydrogen (secondary N) is 1. The Morgan fingerprint density at radius 3 is 2.32 bits per heavy atom. The minimum atomic E-state index is -0.752. The molecule has 0 bridgehead atoms. The van der Waals surface area contributed by atoms with Crippen LogP contribution in [0.1, 0.15) is 38.2 Å². The Labute approximate surface area is 196 Å². The van der Waals surface area contributed by atoms with Crippen LogP contribution >= 0.6 is 0 Å². The fraction of sp³-hybridized carbons (Fsp3) is 0.375. The van der Waals surface area contributed by atoms with E-state index in [9.17, 15) is 18.4 Å². The van der Waals surface area contributed by atoms with Gasteiger partial charge in [0.15, 0.2) is 0 Å². The van der Waals surface area contributed by atoms with Gasteiger partial charge in [0.2, 0.25) is 17.6 Å². The standard InChI is InChI=1S/C24H26F2N6O2/c1-16(24(34)27-21-4-2-3-5-21)31(14-17-6-10-19(25)11-7-17)22(33)15-32-29-23(28-30-32)18-8-12-20(26)13-9-18/h6-13,16,21H,2-5,14-15H2,1H3,(H,27,34). The highest BCUT2D eigenvalue weighted by atomic mass is 19.1. The lowest BCUT2D eigenvalue weighted by Gasteiger charge is -2.29. The predicted octanol–water partition coefficient (Wildman–Crippen LogP) is 3.09. The van der Waals surface area contributed by atoms with Crippen molar-refractivity contribution in [2.75, 3.05) is 0 Å². The number of rotatable bonds is 8. The smallest absolute Gasteiger partial charge is 0.247 e. The Morgan fingerprint density at radius 1 is 1.06 bits per heavy atom. The quantitative estimate of drug-likeness (QED) is 0.549. The third-order valence-corrected chi connectivity index (χ3v) is 5.97. The van der Waals surface area contributed by atoms with E-state index in [0.717, 1.165) is 30.5 Å². The van der Waals surface area contributed by atoms with Crippen LogP contribution in [-0.2, 0) is 22.7 Å². The van der Waals surface area contributed by atoms with Gasteiger partial charge in [-0.25, -0.2) is 8.78 Å². The van der Waals surface area contributed by atoms with Gasteiger partial charge in [-0.05, 0) is 66.9 Å². The molecule has 1 heterocycles. The van der Waals surface area contributed by atoms with E-state index < -0.39 is 6.04 Å². The van der Waals surface area contributed by atoms with E-state index in [0.29, 0.717) is 11.1 Å². The normalized spacial score (nSPS) is 14.7. The van der Waals surface area contributed by atoms with Crippen LogP contribution in [0.4, 0.5) is 8.78 Å². The Balaban J connectivity index is 1.50. The maximum atomic E-state index is 13.4. The number of tetrazole rings is 1. The van der Waals surface area contributed by atoms with Crippen molar-refractivity contribution in [3.63, 3.8) is 0 Å². The molecule has 0 radical (unpaired) electrons.